The Morgan fingerprint density at radius 1 is 1.40 bits per heavy atom. The molecule has 1 aliphatic rings. The first-order valence-corrected chi connectivity index (χ1v) is 7.69. The van der Waals surface area contributed by atoms with Gasteiger partial charge >= 0.3 is 5.97 Å². The van der Waals surface area contributed by atoms with Crippen LogP contribution in [0, 0.1) is 0 Å². The minimum Gasteiger partial charge on any atom is -0.477 e. The molecule has 0 bridgehead atoms. The molecule has 2 rings (SSSR count). The number of pyridine rings is 1. The van der Waals surface area contributed by atoms with E-state index < -0.39 is 55.2 Å². The van der Waals surface area contributed by atoms with Crippen LogP contribution in [0.25, 0.3) is 0 Å². The van der Waals surface area contributed by atoms with Crippen molar-refractivity contribution < 1.29 is 40.2 Å². The second kappa shape index (κ2) is 8.15. The molecule has 2 heterocycles. The Balaban J connectivity index is 2.20. The number of ether oxygens (including phenoxy) is 1. The van der Waals surface area contributed by atoms with E-state index in [9.17, 15) is 25.2 Å². The van der Waals surface area contributed by atoms with Gasteiger partial charge in [0.15, 0.2) is 0 Å². The molecule has 10 nitrogen and oxygen atoms in total. The van der Waals surface area contributed by atoms with E-state index in [0.29, 0.717) is 0 Å². The van der Waals surface area contributed by atoms with E-state index >= 15 is 0 Å². The van der Waals surface area contributed by atoms with Crippen molar-refractivity contribution in [2.45, 2.75) is 49.2 Å². The maximum Gasteiger partial charge on any atom is 0.364 e. The summed E-state index contributed by atoms with van der Waals surface area (Å²) in [5, 5.41) is 61.1. The smallest absolute Gasteiger partial charge is 0.364 e. The summed E-state index contributed by atoms with van der Waals surface area (Å²) in [7, 11) is 0. The van der Waals surface area contributed by atoms with Crippen LogP contribution in [0.2, 0.25) is 0 Å². The second-order valence-electron chi connectivity index (χ2n) is 5.95. The molecule has 0 spiro atoms. The third-order valence-corrected chi connectivity index (χ3v) is 4.13. The molecule has 1 fully saturated rings. The van der Waals surface area contributed by atoms with Gasteiger partial charge in [-0.2, -0.15) is 0 Å². The highest BCUT2D eigenvalue weighted by molar-refractivity contribution is 5.75. The molecule has 1 aromatic heterocycles. The normalized spacial score (nSPS) is 32.1. The van der Waals surface area contributed by atoms with E-state index in [0.717, 1.165) is 5.56 Å². The summed E-state index contributed by atoms with van der Waals surface area (Å²) < 4.78 is 5.09. The number of aliphatic carboxylic acids is 1. The van der Waals surface area contributed by atoms with Crippen molar-refractivity contribution in [3.05, 3.63) is 30.1 Å². The highest BCUT2D eigenvalue weighted by Gasteiger charge is 2.53. The van der Waals surface area contributed by atoms with Gasteiger partial charge in [0.2, 0.25) is 0 Å². The van der Waals surface area contributed by atoms with Gasteiger partial charge in [0.25, 0.3) is 5.79 Å². The quantitative estimate of drug-likeness (QED) is 0.269. The average molecular weight is 358 g/mol. The van der Waals surface area contributed by atoms with Gasteiger partial charge < -0.3 is 40.7 Å². The Kier molecular flexibility index (Phi) is 6.41. The lowest BCUT2D eigenvalue weighted by Crippen LogP contribution is -2.66. The zero-order valence-corrected chi connectivity index (χ0v) is 13.3. The average Bonchev–Trinajstić information content (AvgIpc) is 2.59. The van der Waals surface area contributed by atoms with Crippen LogP contribution in [0.4, 0.5) is 0 Å². The molecular weight excluding hydrogens is 336 g/mol. The van der Waals surface area contributed by atoms with Gasteiger partial charge in [0.1, 0.15) is 18.3 Å². The summed E-state index contributed by atoms with van der Waals surface area (Å²) in [4.78, 5) is 15.1. The van der Waals surface area contributed by atoms with Crippen LogP contribution in [0.1, 0.15) is 12.0 Å². The molecule has 1 aliphatic heterocycles. The van der Waals surface area contributed by atoms with Crippen LogP contribution in [0.3, 0.4) is 0 Å². The summed E-state index contributed by atoms with van der Waals surface area (Å²) >= 11 is 0. The van der Waals surface area contributed by atoms with E-state index in [1.54, 1.807) is 24.5 Å². The molecule has 1 saturated heterocycles. The fraction of sp³-hybridized carbons (Fsp3) is 0.600. The fourth-order valence-corrected chi connectivity index (χ4v) is 2.71. The molecular formula is C15H22N2O8. The summed E-state index contributed by atoms with van der Waals surface area (Å²) in [6.07, 6.45) is -3.74. The molecule has 7 N–H and O–H groups in total. The van der Waals surface area contributed by atoms with Crippen molar-refractivity contribution in [1.82, 2.24) is 10.3 Å². The van der Waals surface area contributed by atoms with Gasteiger partial charge in [-0.15, -0.1) is 0 Å². The number of carboxylic acids is 1. The van der Waals surface area contributed by atoms with Crippen LogP contribution < -0.4 is 5.32 Å². The highest BCUT2D eigenvalue weighted by Crippen LogP contribution is 2.30. The van der Waals surface area contributed by atoms with Crippen molar-refractivity contribution >= 4 is 5.97 Å². The lowest BCUT2D eigenvalue weighted by molar-refractivity contribution is -0.295. The first-order chi connectivity index (χ1) is 11.8. The Labute approximate surface area is 143 Å². The third-order valence-electron chi connectivity index (χ3n) is 4.13. The number of aromatic nitrogens is 1. The first-order valence-electron chi connectivity index (χ1n) is 7.69. The van der Waals surface area contributed by atoms with E-state index in [-0.39, 0.29) is 6.54 Å². The molecule has 0 unspecified atom stereocenters. The van der Waals surface area contributed by atoms with Crippen LogP contribution in [0.5, 0.6) is 0 Å². The summed E-state index contributed by atoms with van der Waals surface area (Å²) in [6, 6.07) is 2.43. The number of rotatable bonds is 7. The van der Waals surface area contributed by atoms with Crippen molar-refractivity contribution in [3.63, 3.8) is 0 Å². The largest absolute Gasteiger partial charge is 0.477 e. The third kappa shape index (κ3) is 4.50. The summed E-state index contributed by atoms with van der Waals surface area (Å²) in [6.45, 7) is -0.572. The van der Waals surface area contributed by atoms with Gasteiger partial charge in [-0.25, -0.2) is 4.79 Å². The minimum atomic E-state index is -2.71. The van der Waals surface area contributed by atoms with Crippen LogP contribution in [0.15, 0.2) is 24.5 Å². The van der Waals surface area contributed by atoms with Crippen LogP contribution in [-0.4, -0.2) is 84.4 Å². The van der Waals surface area contributed by atoms with Crippen molar-refractivity contribution in [3.8, 4) is 0 Å². The number of hydrogen-bond acceptors (Lipinski definition) is 9. The second-order valence-corrected chi connectivity index (χ2v) is 5.95. The van der Waals surface area contributed by atoms with E-state index in [1.165, 1.54) is 0 Å². The molecule has 0 radical (unpaired) electrons. The van der Waals surface area contributed by atoms with Gasteiger partial charge in [0, 0.05) is 25.4 Å². The molecule has 10 heteroatoms. The van der Waals surface area contributed by atoms with Gasteiger partial charge in [0.05, 0.1) is 18.8 Å². The zero-order chi connectivity index (χ0) is 18.6. The first kappa shape index (κ1) is 19.7. The standard InChI is InChI=1S/C15H22N2O8/c18-7-10(20)12(21)13-11(17-6-8-1-3-16-4-2-8)9(19)5-15(24,25-13)14(22)23/h1-4,9-13,17-21,24H,5-7H2,(H,22,23)/t9-,10+,11+,12+,13+,15-/m0/s1. The Morgan fingerprint density at radius 3 is 2.60 bits per heavy atom. The zero-order valence-electron chi connectivity index (χ0n) is 13.3. The predicted octanol–water partition coefficient (Wildman–Crippen LogP) is -2.82. The Morgan fingerprint density at radius 2 is 2.04 bits per heavy atom. The maximum atomic E-state index is 11.2. The molecule has 0 amide bonds. The fourth-order valence-electron chi connectivity index (χ4n) is 2.71. The number of nitrogens with one attached hydrogen (secondary N) is 1. The van der Waals surface area contributed by atoms with Crippen LogP contribution >= 0.6 is 0 Å². The van der Waals surface area contributed by atoms with Crippen molar-refractivity contribution in [1.29, 1.82) is 0 Å². The number of carboxylic acid groups (broad SMARTS) is 1. The van der Waals surface area contributed by atoms with Gasteiger partial charge in [-0.3, -0.25) is 4.98 Å². The molecule has 140 valence electrons. The van der Waals surface area contributed by atoms with E-state index in [1.807, 2.05) is 0 Å². The number of aliphatic hydroxyl groups is 5. The lowest BCUT2D eigenvalue weighted by atomic mass is 9.88. The summed E-state index contributed by atoms with van der Waals surface area (Å²) in [5.74, 6) is -4.44. The monoisotopic (exact) mass is 358 g/mol. The van der Waals surface area contributed by atoms with E-state index in [4.69, 9.17) is 14.9 Å². The predicted molar refractivity (Wildman–Crippen MR) is 82.0 cm³/mol. The SMILES string of the molecule is O=C(O)[C@]1(O)C[C@H](O)[C@@H](NCc2ccncc2)[C@H]([C@H](O)[C@H](O)CO)O1. The van der Waals surface area contributed by atoms with Crippen molar-refractivity contribution in [2.75, 3.05) is 6.61 Å². The number of carbonyl (C=O) groups is 1. The van der Waals surface area contributed by atoms with Gasteiger partial charge in [-0.1, -0.05) is 0 Å². The van der Waals surface area contributed by atoms with Gasteiger partial charge in [-0.05, 0) is 17.7 Å². The molecule has 0 aliphatic carbocycles. The minimum absolute atomic E-state index is 0.234. The molecule has 0 saturated carbocycles. The van der Waals surface area contributed by atoms with E-state index in [2.05, 4.69) is 10.3 Å². The topological polar surface area (TPSA) is 173 Å². The Bertz CT molecular complexity index is 574. The lowest BCUT2D eigenvalue weighted by Gasteiger charge is -2.45. The maximum absolute atomic E-state index is 11.2. The molecule has 25 heavy (non-hydrogen) atoms. The number of aliphatic hydroxyl groups excluding tert-OH is 4. The highest BCUT2D eigenvalue weighted by atomic mass is 16.7. The number of nitrogens with zero attached hydrogens (tertiary/aromatic N) is 1. The molecule has 1 aromatic rings. The summed E-state index contributed by atoms with van der Waals surface area (Å²) in [5.41, 5.74) is 0.803. The molecule has 6 atom stereocenters. The van der Waals surface area contributed by atoms with Crippen molar-refractivity contribution in [2.24, 2.45) is 0 Å². The Hall–Kier alpha value is -1.66. The number of hydrogen-bond donors (Lipinski definition) is 7. The van der Waals surface area contributed by atoms with Crippen LogP contribution in [-0.2, 0) is 16.1 Å². The molecule has 0 aromatic carbocycles.